The fraction of sp³-hybridized carbons (Fsp3) is 0.375. The van der Waals surface area contributed by atoms with E-state index in [9.17, 15) is 4.39 Å². The van der Waals surface area contributed by atoms with Gasteiger partial charge < -0.3 is 10.1 Å². The van der Waals surface area contributed by atoms with Crippen molar-refractivity contribution in [1.82, 2.24) is 5.32 Å². The molecule has 0 amide bonds. The van der Waals surface area contributed by atoms with E-state index < -0.39 is 0 Å². The van der Waals surface area contributed by atoms with Crippen LogP contribution in [0.3, 0.4) is 0 Å². The fourth-order valence-corrected chi connectivity index (χ4v) is 3.12. The molecule has 0 spiro atoms. The molecule has 0 aliphatic rings. The molecule has 0 saturated carbocycles. The van der Waals surface area contributed by atoms with E-state index in [1.165, 1.54) is 10.9 Å². The Morgan fingerprint density at radius 3 is 2.85 bits per heavy atom. The van der Waals surface area contributed by atoms with Crippen molar-refractivity contribution in [3.05, 3.63) is 52.0 Å². The molecule has 1 aromatic heterocycles. The number of aryl methyl sites for hydroxylation is 1. The van der Waals surface area contributed by atoms with Crippen molar-refractivity contribution in [3.8, 4) is 5.75 Å². The largest absolute Gasteiger partial charge is 0.496 e. The van der Waals surface area contributed by atoms with Crippen LogP contribution in [0.5, 0.6) is 5.75 Å². The smallest absolute Gasteiger partial charge is 0.123 e. The van der Waals surface area contributed by atoms with Crippen molar-refractivity contribution in [2.24, 2.45) is 0 Å². The molecule has 0 aliphatic heterocycles. The van der Waals surface area contributed by atoms with E-state index in [-0.39, 0.29) is 11.9 Å². The lowest BCUT2D eigenvalue weighted by atomic mass is 9.99. The molecule has 20 heavy (non-hydrogen) atoms. The molecule has 108 valence electrons. The predicted octanol–water partition coefficient (Wildman–Crippen LogP) is 4.18. The minimum absolute atomic E-state index is 0.112. The first-order valence-electron chi connectivity index (χ1n) is 6.77. The quantitative estimate of drug-likeness (QED) is 0.827. The zero-order chi connectivity index (χ0) is 14.4. The normalized spacial score (nSPS) is 12.3. The number of benzene rings is 1. The maximum absolute atomic E-state index is 13.4. The van der Waals surface area contributed by atoms with E-state index in [4.69, 9.17) is 4.74 Å². The highest BCUT2D eigenvalue weighted by molar-refractivity contribution is 7.09. The monoisotopic (exact) mass is 293 g/mol. The highest BCUT2D eigenvalue weighted by Gasteiger charge is 2.15. The minimum Gasteiger partial charge on any atom is -0.496 e. The van der Waals surface area contributed by atoms with Gasteiger partial charge in [0.25, 0.3) is 0 Å². The Labute approximate surface area is 123 Å². The number of ether oxygens (including phenoxy) is 1. The molecule has 2 aromatic rings. The van der Waals surface area contributed by atoms with Crippen molar-refractivity contribution in [3.63, 3.8) is 0 Å². The first kappa shape index (κ1) is 15.0. The van der Waals surface area contributed by atoms with Crippen LogP contribution >= 0.6 is 11.3 Å². The van der Waals surface area contributed by atoms with Crippen molar-refractivity contribution in [1.29, 1.82) is 0 Å². The van der Waals surface area contributed by atoms with Crippen LogP contribution in [0.4, 0.5) is 4.39 Å². The lowest BCUT2D eigenvalue weighted by Gasteiger charge is -2.19. The zero-order valence-electron chi connectivity index (χ0n) is 11.9. The Morgan fingerprint density at radius 1 is 1.35 bits per heavy atom. The van der Waals surface area contributed by atoms with Crippen LogP contribution in [0, 0.1) is 5.82 Å². The average molecular weight is 293 g/mol. The van der Waals surface area contributed by atoms with Crippen LogP contribution in [0.25, 0.3) is 0 Å². The molecule has 0 fully saturated rings. The van der Waals surface area contributed by atoms with Gasteiger partial charge in [-0.05, 0) is 56.0 Å². The number of rotatable bonds is 7. The summed E-state index contributed by atoms with van der Waals surface area (Å²) in [6, 6.07) is 9.02. The van der Waals surface area contributed by atoms with E-state index in [0.29, 0.717) is 0 Å². The van der Waals surface area contributed by atoms with Gasteiger partial charge in [0.2, 0.25) is 0 Å². The molecule has 1 unspecified atom stereocenters. The van der Waals surface area contributed by atoms with Gasteiger partial charge in [0.05, 0.1) is 7.11 Å². The molecular weight excluding hydrogens is 273 g/mol. The summed E-state index contributed by atoms with van der Waals surface area (Å²) in [4.78, 5) is 1.39. The molecule has 0 aliphatic carbocycles. The van der Waals surface area contributed by atoms with Gasteiger partial charge in [-0.1, -0.05) is 6.07 Å². The van der Waals surface area contributed by atoms with Crippen LogP contribution < -0.4 is 10.1 Å². The summed E-state index contributed by atoms with van der Waals surface area (Å²) >= 11 is 1.78. The molecule has 2 rings (SSSR count). The van der Waals surface area contributed by atoms with Crippen molar-refractivity contribution < 1.29 is 9.13 Å². The van der Waals surface area contributed by atoms with Gasteiger partial charge in [0.1, 0.15) is 11.6 Å². The summed E-state index contributed by atoms with van der Waals surface area (Å²) in [7, 11) is 3.52. The van der Waals surface area contributed by atoms with Crippen LogP contribution in [-0.2, 0) is 6.42 Å². The van der Waals surface area contributed by atoms with Crippen molar-refractivity contribution in [2.45, 2.75) is 25.3 Å². The number of methoxy groups -OCH3 is 1. The zero-order valence-corrected chi connectivity index (χ0v) is 12.7. The van der Waals surface area contributed by atoms with Crippen LogP contribution in [0.15, 0.2) is 35.7 Å². The molecule has 0 saturated heterocycles. The highest BCUT2D eigenvalue weighted by Crippen LogP contribution is 2.29. The van der Waals surface area contributed by atoms with E-state index >= 15 is 0 Å². The van der Waals surface area contributed by atoms with Crippen LogP contribution in [0.1, 0.15) is 29.3 Å². The maximum atomic E-state index is 13.4. The Kier molecular flexibility index (Phi) is 5.56. The van der Waals surface area contributed by atoms with E-state index in [2.05, 4.69) is 22.8 Å². The Morgan fingerprint density at radius 2 is 2.20 bits per heavy atom. The molecule has 0 radical (unpaired) electrons. The number of hydrogen-bond acceptors (Lipinski definition) is 3. The molecule has 0 bridgehead atoms. The Bertz CT molecular complexity index is 527. The maximum Gasteiger partial charge on any atom is 0.123 e. The first-order valence-corrected chi connectivity index (χ1v) is 7.65. The summed E-state index contributed by atoms with van der Waals surface area (Å²) in [5.74, 6) is 0.515. The van der Waals surface area contributed by atoms with E-state index in [1.54, 1.807) is 30.6 Å². The summed E-state index contributed by atoms with van der Waals surface area (Å²) in [6.07, 6.45) is 3.08. The molecule has 1 heterocycles. The van der Waals surface area contributed by atoms with Crippen molar-refractivity contribution in [2.75, 3.05) is 14.2 Å². The summed E-state index contributed by atoms with van der Waals surface area (Å²) in [5.41, 5.74) is 0.890. The van der Waals surface area contributed by atoms with Crippen molar-refractivity contribution >= 4 is 11.3 Å². The van der Waals surface area contributed by atoms with Gasteiger partial charge in [-0.15, -0.1) is 11.3 Å². The highest BCUT2D eigenvalue weighted by atomic mass is 32.1. The van der Waals surface area contributed by atoms with E-state index in [0.717, 1.165) is 30.6 Å². The molecule has 1 aromatic carbocycles. The Balaban J connectivity index is 2.02. The third kappa shape index (κ3) is 3.81. The average Bonchev–Trinajstić information content (AvgIpc) is 2.97. The fourth-order valence-electron chi connectivity index (χ4n) is 2.37. The first-order chi connectivity index (χ1) is 9.74. The second-order valence-electron chi connectivity index (χ2n) is 4.70. The van der Waals surface area contributed by atoms with Gasteiger partial charge >= 0.3 is 0 Å². The second-order valence-corrected chi connectivity index (χ2v) is 5.73. The number of thiophene rings is 1. The lowest BCUT2D eigenvalue weighted by molar-refractivity contribution is 0.395. The minimum atomic E-state index is -0.223. The van der Waals surface area contributed by atoms with Crippen LogP contribution in [0.2, 0.25) is 0 Å². The number of halogens is 1. The second kappa shape index (κ2) is 7.41. The molecule has 1 N–H and O–H groups in total. The molecule has 4 heteroatoms. The third-order valence-corrected chi connectivity index (χ3v) is 4.35. The van der Waals surface area contributed by atoms with Gasteiger partial charge in [-0.25, -0.2) is 4.39 Å². The van der Waals surface area contributed by atoms with E-state index in [1.807, 2.05) is 7.05 Å². The number of nitrogens with one attached hydrogen (secondary N) is 1. The Hall–Kier alpha value is -1.39. The third-order valence-electron chi connectivity index (χ3n) is 3.41. The van der Waals surface area contributed by atoms with Gasteiger partial charge in [-0.3, -0.25) is 0 Å². The van der Waals surface area contributed by atoms with Gasteiger partial charge in [0, 0.05) is 16.5 Å². The molecule has 1 atom stereocenters. The summed E-state index contributed by atoms with van der Waals surface area (Å²) < 4.78 is 18.8. The van der Waals surface area contributed by atoms with Crippen LogP contribution in [-0.4, -0.2) is 14.2 Å². The topological polar surface area (TPSA) is 21.3 Å². The predicted molar refractivity (Wildman–Crippen MR) is 82.0 cm³/mol. The standard InChI is InChI=1S/C16H20FNOS/c1-18-15(7-3-5-13-6-4-10-20-13)14-11-12(17)8-9-16(14)19-2/h4,6,8-11,15,18H,3,5,7H2,1-2H3. The van der Waals surface area contributed by atoms with Gasteiger partial charge in [0.15, 0.2) is 0 Å². The lowest BCUT2D eigenvalue weighted by Crippen LogP contribution is -2.17. The molecular formula is C16H20FNOS. The van der Waals surface area contributed by atoms with Gasteiger partial charge in [-0.2, -0.15) is 0 Å². The summed E-state index contributed by atoms with van der Waals surface area (Å²) in [5, 5.41) is 5.35. The molecule has 2 nitrogen and oxygen atoms in total. The number of hydrogen-bond donors (Lipinski definition) is 1. The summed E-state index contributed by atoms with van der Waals surface area (Å²) in [6.45, 7) is 0. The SMILES string of the molecule is CNC(CCCc1cccs1)c1cc(F)ccc1OC.